The lowest BCUT2D eigenvalue weighted by atomic mass is 10.1. The van der Waals surface area contributed by atoms with Crippen molar-refractivity contribution in [3.05, 3.63) is 29.6 Å². The van der Waals surface area contributed by atoms with Gasteiger partial charge in [0.1, 0.15) is 12.2 Å². The molecule has 1 unspecified atom stereocenters. The maximum atomic E-state index is 6.24. The average molecular weight is 248 g/mol. The Morgan fingerprint density at radius 3 is 2.78 bits per heavy atom. The molecule has 0 amide bonds. The summed E-state index contributed by atoms with van der Waals surface area (Å²) in [6.45, 7) is 4.95. The van der Waals surface area contributed by atoms with Crippen molar-refractivity contribution >= 4 is 0 Å². The Hall–Kier alpha value is -1.69. The zero-order valence-corrected chi connectivity index (χ0v) is 11.2. The van der Waals surface area contributed by atoms with Crippen LogP contribution in [0.25, 0.3) is 0 Å². The summed E-state index contributed by atoms with van der Waals surface area (Å²) in [5.41, 5.74) is 8.35. The van der Waals surface area contributed by atoms with Gasteiger partial charge in [0.15, 0.2) is 0 Å². The first-order valence-corrected chi connectivity index (χ1v) is 6.30. The van der Waals surface area contributed by atoms with Crippen LogP contribution in [0.1, 0.15) is 37.1 Å². The van der Waals surface area contributed by atoms with Crippen LogP contribution in [0.15, 0.2) is 12.4 Å². The second-order valence-corrected chi connectivity index (χ2v) is 4.34. The Balaban J connectivity index is 2.16. The number of hydrogen-bond donors (Lipinski definition) is 1. The molecule has 2 rings (SSSR count). The van der Waals surface area contributed by atoms with Gasteiger partial charge in [0.2, 0.25) is 0 Å². The Labute approximate surface area is 107 Å². The number of aromatic nitrogens is 5. The van der Waals surface area contributed by atoms with Crippen LogP contribution < -0.4 is 5.73 Å². The number of nitrogens with zero attached hydrogens (tertiary/aromatic N) is 5. The van der Waals surface area contributed by atoms with E-state index < -0.39 is 0 Å². The third-order valence-corrected chi connectivity index (χ3v) is 3.11. The molecule has 6 nitrogen and oxygen atoms in total. The van der Waals surface area contributed by atoms with Crippen molar-refractivity contribution in [2.24, 2.45) is 12.8 Å². The fourth-order valence-corrected chi connectivity index (χ4v) is 2.07. The largest absolute Gasteiger partial charge is 0.322 e. The van der Waals surface area contributed by atoms with Gasteiger partial charge in [-0.05, 0) is 19.4 Å². The molecule has 0 fully saturated rings. The average Bonchev–Trinajstić information content (AvgIpc) is 2.95. The molecular formula is C12H20N6. The molecule has 0 aliphatic heterocycles. The fourth-order valence-electron chi connectivity index (χ4n) is 2.07. The van der Waals surface area contributed by atoms with Gasteiger partial charge in [-0.25, -0.2) is 4.98 Å². The zero-order chi connectivity index (χ0) is 13.1. The Kier molecular flexibility index (Phi) is 3.76. The number of rotatable bonds is 5. The van der Waals surface area contributed by atoms with Crippen molar-refractivity contribution in [1.82, 2.24) is 24.5 Å². The number of nitrogens with two attached hydrogens (primary N) is 1. The third-order valence-electron chi connectivity index (χ3n) is 3.11. The van der Waals surface area contributed by atoms with Gasteiger partial charge in [0, 0.05) is 20.0 Å². The van der Waals surface area contributed by atoms with Crippen molar-refractivity contribution < 1.29 is 0 Å². The van der Waals surface area contributed by atoms with Crippen LogP contribution in [-0.4, -0.2) is 24.5 Å². The summed E-state index contributed by atoms with van der Waals surface area (Å²) in [6, 6.07) is 1.97. The van der Waals surface area contributed by atoms with Gasteiger partial charge in [0.25, 0.3) is 0 Å². The Morgan fingerprint density at radius 2 is 2.17 bits per heavy atom. The Bertz CT molecular complexity index is 512. The molecule has 2 aromatic rings. The van der Waals surface area contributed by atoms with E-state index >= 15 is 0 Å². The van der Waals surface area contributed by atoms with Crippen molar-refractivity contribution in [2.75, 3.05) is 0 Å². The molecule has 0 aliphatic rings. The highest BCUT2D eigenvalue weighted by Crippen LogP contribution is 2.16. The monoisotopic (exact) mass is 248 g/mol. The van der Waals surface area contributed by atoms with Crippen molar-refractivity contribution in [1.29, 1.82) is 0 Å². The van der Waals surface area contributed by atoms with Crippen LogP contribution >= 0.6 is 0 Å². The second-order valence-electron chi connectivity index (χ2n) is 4.34. The van der Waals surface area contributed by atoms with Crippen LogP contribution in [0.2, 0.25) is 0 Å². The maximum Gasteiger partial charge on any atom is 0.138 e. The SMILES string of the molecule is CCc1cc(C(N)Cc2ncnn2CC)n(C)n1. The summed E-state index contributed by atoms with van der Waals surface area (Å²) >= 11 is 0. The summed E-state index contributed by atoms with van der Waals surface area (Å²) in [5.74, 6) is 0.921. The summed E-state index contributed by atoms with van der Waals surface area (Å²) < 4.78 is 3.73. The van der Waals surface area contributed by atoms with Crippen LogP contribution in [-0.2, 0) is 26.4 Å². The van der Waals surface area contributed by atoms with Gasteiger partial charge >= 0.3 is 0 Å². The van der Waals surface area contributed by atoms with E-state index in [1.54, 1.807) is 6.33 Å². The van der Waals surface area contributed by atoms with Crippen LogP contribution in [0.4, 0.5) is 0 Å². The smallest absolute Gasteiger partial charge is 0.138 e. The summed E-state index contributed by atoms with van der Waals surface area (Å²) in [4.78, 5) is 4.25. The van der Waals surface area contributed by atoms with E-state index in [2.05, 4.69) is 28.2 Å². The fraction of sp³-hybridized carbons (Fsp3) is 0.583. The maximum absolute atomic E-state index is 6.24. The first-order chi connectivity index (χ1) is 8.65. The summed E-state index contributed by atoms with van der Waals surface area (Å²) in [6.07, 6.45) is 3.18. The summed E-state index contributed by atoms with van der Waals surface area (Å²) in [5, 5.41) is 8.57. The van der Waals surface area contributed by atoms with E-state index in [1.165, 1.54) is 0 Å². The van der Waals surface area contributed by atoms with E-state index in [0.29, 0.717) is 6.42 Å². The second kappa shape index (κ2) is 5.30. The lowest BCUT2D eigenvalue weighted by Crippen LogP contribution is -2.19. The van der Waals surface area contributed by atoms with Crippen LogP contribution in [0, 0.1) is 0 Å². The third kappa shape index (κ3) is 2.43. The molecule has 0 bridgehead atoms. The number of aryl methyl sites for hydroxylation is 3. The quantitative estimate of drug-likeness (QED) is 0.850. The molecule has 0 spiro atoms. The van der Waals surface area contributed by atoms with Crippen LogP contribution in [0.3, 0.4) is 0 Å². The van der Waals surface area contributed by atoms with E-state index in [1.807, 2.05) is 23.3 Å². The Morgan fingerprint density at radius 1 is 1.39 bits per heavy atom. The standard InChI is InChI=1S/C12H20N6/c1-4-9-6-11(17(3)16-9)10(13)7-12-14-8-15-18(12)5-2/h6,8,10H,4-5,7,13H2,1-3H3. The summed E-state index contributed by atoms with van der Waals surface area (Å²) in [7, 11) is 1.93. The lowest BCUT2D eigenvalue weighted by molar-refractivity contribution is 0.556. The van der Waals surface area contributed by atoms with Crippen molar-refractivity contribution in [2.45, 2.75) is 39.3 Å². The highest BCUT2D eigenvalue weighted by molar-refractivity contribution is 5.15. The molecule has 6 heteroatoms. The first-order valence-electron chi connectivity index (χ1n) is 6.30. The topological polar surface area (TPSA) is 74.5 Å². The molecule has 2 heterocycles. The predicted octanol–water partition coefficient (Wildman–Crippen LogP) is 0.836. The molecule has 1 atom stereocenters. The normalized spacial score (nSPS) is 12.9. The molecule has 0 aliphatic carbocycles. The molecule has 0 aromatic carbocycles. The minimum Gasteiger partial charge on any atom is -0.322 e. The highest BCUT2D eigenvalue weighted by atomic mass is 15.3. The van der Waals surface area contributed by atoms with Crippen molar-refractivity contribution in [3.63, 3.8) is 0 Å². The highest BCUT2D eigenvalue weighted by Gasteiger charge is 2.15. The molecule has 0 saturated carbocycles. The van der Waals surface area contributed by atoms with Crippen LogP contribution in [0.5, 0.6) is 0 Å². The van der Waals surface area contributed by atoms with Gasteiger partial charge in [-0.3, -0.25) is 9.36 Å². The predicted molar refractivity (Wildman–Crippen MR) is 68.9 cm³/mol. The van der Waals surface area contributed by atoms with Crippen molar-refractivity contribution in [3.8, 4) is 0 Å². The van der Waals surface area contributed by atoms with Gasteiger partial charge < -0.3 is 5.73 Å². The van der Waals surface area contributed by atoms with Gasteiger partial charge in [-0.1, -0.05) is 6.92 Å². The lowest BCUT2D eigenvalue weighted by Gasteiger charge is -2.11. The van der Waals surface area contributed by atoms with Gasteiger partial charge in [0.05, 0.1) is 17.4 Å². The molecule has 0 radical (unpaired) electrons. The minimum absolute atomic E-state index is 0.0997. The van der Waals surface area contributed by atoms with Gasteiger partial charge in [-0.15, -0.1) is 0 Å². The molecule has 2 aromatic heterocycles. The molecule has 0 saturated heterocycles. The van der Waals surface area contributed by atoms with E-state index in [4.69, 9.17) is 5.73 Å². The van der Waals surface area contributed by atoms with E-state index in [0.717, 1.165) is 30.2 Å². The zero-order valence-electron chi connectivity index (χ0n) is 11.2. The minimum atomic E-state index is -0.0997. The molecule has 18 heavy (non-hydrogen) atoms. The first kappa shape index (κ1) is 12.8. The molecule has 2 N–H and O–H groups in total. The molecule has 98 valence electrons. The molecular weight excluding hydrogens is 228 g/mol. The van der Waals surface area contributed by atoms with E-state index in [9.17, 15) is 0 Å². The van der Waals surface area contributed by atoms with Gasteiger partial charge in [-0.2, -0.15) is 10.2 Å². The number of hydrogen-bond acceptors (Lipinski definition) is 4. The van der Waals surface area contributed by atoms with E-state index in [-0.39, 0.29) is 6.04 Å².